The smallest absolute Gasteiger partial charge is 0.357 e. The van der Waals surface area contributed by atoms with Crippen molar-refractivity contribution >= 4 is 17.7 Å². The van der Waals surface area contributed by atoms with Crippen LogP contribution in [-0.4, -0.2) is 37.4 Å². The standard InChI is InChI=1S/C20H19F4N3O3/c1-11-9-12(20(22,23)24)7-8-13(11)18(29)27-16(19(30)25-2)10-26-17(28)14-5-3-4-6-15(14)21/h3-9,16H,10H2,1-2H3,(H,25,30)(H,26,28)(H,27,29). The topological polar surface area (TPSA) is 87.3 Å². The summed E-state index contributed by atoms with van der Waals surface area (Å²) in [6, 6.07) is 6.58. The number of hydrogen-bond acceptors (Lipinski definition) is 3. The highest BCUT2D eigenvalue weighted by atomic mass is 19.4. The van der Waals surface area contributed by atoms with Crippen molar-refractivity contribution in [3.63, 3.8) is 0 Å². The Morgan fingerprint density at radius 1 is 1.00 bits per heavy atom. The molecule has 0 fully saturated rings. The zero-order chi connectivity index (χ0) is 22.5. The second kappa shape index (κ2) is 9.38. The highest BCUT2D eigenvalue weighted by molar-refractivity contribution is 5.99. The number of amides is 3. The number of benzene rings is 2. The maximum absolute atomic E-state index is 13.7. The largest absolute Gasteiger partial charge is 0.416 e. The Balaban J connectivity index is 2.13. The molecule has 3 N–H and O–H groups in total. The van der Waals surface area contributed by atoms with Gasteiger partial charge in [-0.15, -0.1) is 0 Å². The van der Waals surface area contributed by atoms with Crippen LogP contribution in [0.25, 0.3) is 0 Å². The third kappa shape index (κ3) is 5.56. The monoisotopic (exact) mass is 425 g/mol. The molecule has 0 radical (unpaired) electrons. The molecule has 10 heteroatoms. The lowest BCUT2D eigenvalue weighted by Gasteiger charge is -2.19. The predicted octanol–water partition coefficient (Wildman–Crippen LogP) is 2.43. The van der Waals surface area contributed by atoms with Gasteiger partial charge in [0.25, 0.3) is 11.8 Å². The summed E-state index contributed by atoms with van der Waals surface area (Å²) in [5.74, 6) is -2.99. The van der Waals surface area contributed by atoms with Crippen LogP contribution in [-0.2, 0) is 11.0 Å². The molecule has 0 spiro atoms. The Labute approximate surface area is 169 Å². The van der Waals surface area contributed by atoms with Crippen molar-refractivity contribution in [3.8, 4) is 0 Å². The van der Waals surface area contributed by atoms with Crippen molar-refractivity contribution in [2.45, 2.75) is 19.1 Å². The van der Waals surface area contributed by atoms with E-state index in [1.165, 1.54) is 32.2 Å². The number of aryl methyl sites for hydroxylation is 1. The number of carbonyl (C=O) groups is 3. The second-order valence-electron chi connectivity index (χ2n) is 6.36. The van der Waals surface area contributed by atoms with E-state index in [0.717, 1.165) is 24.3 Å². The summed E-state index contributed by atoms with van der Waals surface area (Å²) in [5, 5.41) is 7.03. The molecular weight excluding hydrogens is 406 g/mol. The van der Waals surface area contributed by atoms with Gasteiger partial charge in [-0.3, -0.25) is 14.4 Å². The Morgan fingerprint density at radius 2 is 1.67 bits per heavy atom. The Bertz CT molecular complexity index is 961. The summed E-state index contributed by atoms with van der Waals surface area (Å²) in [6.45, 7) is 0.970. The van der Waals surface area contributed by atoms with Crippen LogP contribution >= 0.6 is 0 Å². The fourth-order valence-corrected chi connectivity index (χ4v) is 2.65. The van der Waals surface area contributed by atoms with Crippen molar-refractivity contribution < 1.29 is 31.9 Å². The summed E-state index contributed by atoms with van der Waals surface area (Å²) >= 11 is 0. The van der Waals surface area contributed by atoms with Gasteiger partial charge in [0.2, 0.25) is 5.91 Å². The van der Waals surface area contributed by atoms with E-state index in [-0.39, 0.29) is 23.2 Å². The first-order chi connectivity index (χ1) is 14.0. The van der Waals surface area contributed by atoms with Gasteiger partial charge in [-0.05, 0) is 42.8 Å². The average molecular weight is 425 g/mol. The summed E-state index contributed by atoms with van der Waals surface area (Å²) in [4.78, 5) is 36.7. The van der Waals surface area contributed by atoms with E-state index >= 15 is 0 Å². The van der Waals surface area contributed by atoms with E-state index in [2.05, 4.69) is 16.0 Å². The fourth-order valence-electron chi connectivity index (χ4n) is 2.65. The molecule has 0 heterocycles. The minimum absolute atomic E-state index is 0.0580. The van der Waals surface area contributed by atoms with Crippen molar-refractivity contribution in [3.05, 3.63) is 70.5 Å². The predicted molar refractivity (Wildman–Crippen MR) is 100 cm³/mol. The number of halogens is 4. The molecule has 0 saturated carbocycles. The number of nitrogens with one attached hydrogen (secondary N) is 3. The summed E-state index contributed by atoms with van der Waals surface area (Å²) in [7, 11) is 1.31. The molecular formula is C20H19F4N3O3. The third-order valence-corrected chi connectivity index (χ3v) is 4.25. The van der Waals surface area contributed by atoms with E-state index in [0.29, 0.717) is 0 Å². The van der Waals surface area contributed by atoms with Gasteiger partial charge >= 0.3 is 6.18 Å². The van der Waals surface area contributed by atoms with Crippen LogP contribution in [0.2, 0.25) is 0 Å². The lowest BCUT2D eigenvalue weighted by atomic mass is 10.0. The Hall–Kier alpha value is -3.43. The van der Waals surface area contributed by atoms with Crippen LogP contribution in [0.1, 0.15) is 31.8 Å². The van der Waals surface area contributed by atoms with Crippen LogP contribution in [0.3, 0.4) is 0 Å². The van der Waals surface area contributed by atoms with Crippen molar-refractivity contribution in [2.75, 3.05) is 13.6 Å². The summed E-state index contributed by atoms with van der Waals surface area (Å²) in [5.41, 5.74) is -1.14. The van der Waals surface area contributed by atoms with Crippen LogP contribution < -0.4 is 16.0 Å². The molecule has 2 aromatic carbocycles. The lowest BCUT2D eigenvalue weighted by molar-refractivity contribution is -0.137. The van der Waals surface area contributed by atoms with E-state index in [1.54, 1.807) is 0 Å². The summed E-state index contributed by atoms with van der Waals surface area (Å²) < 4.78 is 52.1. The minimum Gasteiger partial charge on any atom is -0.357 e. The molecule has 0 aromatic heterocycles. The molecule has 160 valence electrons. The first kappa shape index (κ1) is 22.9. The molecule has 0 saturated heterocycles. The molecule has 0 aliphatic heterocycles. The van der Waals surface area contributed by atoms with E-state index in [1.807, 2.05) is 0 Å². The number of rotatable bonds is 6. The van der Waals surface area contributed by atoms with Crippen molar-refractivity contribution in [1.29, 1.82) is 0 Å². The lowest BCUT2D eigenvalue weighted by Crippen LogP contribution is -2.52. The normalized spacial score (nSPS) is 12.1. The van der Waals surface area contributed by atoms with Crippen LogP contribution in [0, 0.1) is 12.7 Å². The first-order valence-corrected chi connectivity index (χ1v) is 8.77. The average Bonchev–Trinajstić information content (AvgIpc) is 2.69. The van der Waals surface area contributed by atoms with Crippen molar-refractivity contribution in [2.24, 2.45) is 0 Å². The van der Waals surface area contributed by atoms with E-state index < -0.39 is 41.3 Å². The van der Waals surface area contributed by atoms with Gasteiger partial charge in [-0.1, -0.05) is 12.1 Å². The molecule has 3 amide bonds. The van der Waals surface area contributed by atoms with E-state index in [9.17, 15) is 31.9 Å². The summed E-state index contributed by atoms with van der Waals surface area (Å²) in [6.07, 6.45) is -4.55. The van der Waals surface area contributed by atoms with Gasteiger partial charge < -0.3 is 16.0 Å². The quantitative estimate of drug-likeness (QED) is 0.622. The molecule has 6 nitrogen and oxygen atoms in total. The zero-order valence-electron chi connectivity index (χ0n) is 16.1. The highest BCUT2D eigenvalue weighted by Crippen LogP contribution is 2.30. The van der Waals surface area contributed by atoms with Gasteiger partial charge in [-0.2, -0.15) is 13.2 Å². The maximum Gasteiger partial charge on any atom is 0.416 e. The number of hydrogen-bond donors (Lipinski definition) is 3. The van der Waals surface area contributed by atoms with Crippen LogP contribution in [0.5, 0.6) is 0 Å². The molecule has 1 atom stereocenters. The fraction of sp³-hybridized carbons (Fsp3) is 0.250. The number of carbonyl (C=O) groups excluding carboxylic acids is 3. The second-order valence-corrected chi connectivity index (χ2v) is 6.36. The van der Waals surface area contributed by atoms with E-state index in [4.69, 9.17) is 0 Å². The first-order valence-electron chi connectivity index (χ1n) is 8.77. The minimum atomic E-state index is -4.55. The molecule has 0 aliphatic carbocycles. The maximum atomic E-state index is 13.7. The van der Waals surface area contributed by atoms with Gasteiger partial charge in [0.1, 0.15) is 11.9 Å². The molecule has 30 heavy (non-hydrogen) atoms. The molecule has 0 aliphatic rings. The molecule has 0 bridgehead atoms. The third-order valence-electron chi connectivity index (χ3n) is 4.25. The number of alkyl halides is 3. The van der Waals surface area contributed by atoms with Gasteiger partial charge in [0.05, 0.1) is 11.1 Å². The number of likely N-dealkylation sites (N-methyl/N-ethyl adjacent to an activating group) is 1. The highest BCUT2D eigenvalue weighted by Gasteiger charge is 2.31. The zero-order valence-corrected chi connectivity index (χ0v) is 16.1. The van der Waals surface area contributed by atoms with Gasteiger partial charge in [-0.25, -0.2) is 4.39 Å². The van der Waals surface area contributed by atoms with Gasteiger partial charge in [0.15, 0.2) is 0 Å². The van der Waals surface area contributed by atoms with Crippen LogP contribution in [0.4, 0.5) is 17.6 Å². The SMILES string of the molecule is CNC(=O)C(CNC(=O)c1ccccc1F)NC(=O)c1ccc(C(F)(F)F)cc1C. The Kier molecular flexibility index (Phi) is 7.14. The molecule has 2 aromatic rings. The van der Waals surface area contributed by atoms with Crippen molar-refractivity contribution in [1.82, 2.24) is 16.0 Å². The van der Waals surface area contributed by atoms with Crippen LogP contribution in [0.15, 0.2) is 42.5 Å². The van der Waals surface area contributed by atoms with Gasteiger partial charge in [0, 0.05) is 19.2 Å². The molecule has 2 rings (SSSR count). The molecule has 1 unspecified atom stereocenters. The Morgan fingerprint density at radius 3 is 2.23 bits per heavy atom.